The third-order valence-electron chi connectivity index (χ3n) is 4.98. The Morgan fingerprint density at radius 2 is 1.86 bits per heavy atom. The van der Waals surface area contributed by atoms with E-state index < -0.39 is 22.8 Å². The van der Waals surface area contributed by atoms with Gasteiger partial charge in [0.1, 0.15) is 0 Å². The van der Waals surface area contributed by atoms with Gasteiger partial charge >= 0.3 is 0 Å². The minimum absolute atomic E-state index is 0.158. The van der Waals surface area contributed by atoms with Crippen molar-refractivity contribution in [1.29, 1.82) is 0 Å². The van der Waals surface area contributed by atoms with E-state index in [2.05, 4.69) is 6.92 Å². The highest BCUT2D eigenvalue weighted by molar-refractivity contribution is 5.79. The summed E-state index contributed by atoms with van der Waals surface area (Å²) in [5.41, 5.74) is -0.279. The van der Waals surface area contributed by atoms with E-state index >= 15 is 0 Å². The van der Waals surface area contributed by atoms with E-state index in [4.69, 9.17) is 0 Å². The molecule has 122 valence electrons. The van der Waals surface area contributed by atoms with Gasteiger partial charge in [-0.15, -0.1) is 0 Å². The number of benzene rings is 1. The Balaban J connectivity index is 2.46. The monoisotopic (exact) mass is 310 g/mol. The molecular weight excluding hydrogens is 286 g/mol. The lowest BCUT2D eigenvalue weighted by Gasteiger charge is -2.38. The number of aldehydes is 1. The number of carbonyl (C=O) groups is 1. The Bertz CT molecular complexity index is 534. The van der Waals surface area contributed by atoms with Crippen LogP contribution >= 0.6 is 0 Å². The zero-order chi connectivity index (χ0) is 16.2. The maximum absolute atomic E-state index is 14.5. The minimum Gasteiger partial charge on any atom is -0.504 e. The summed E-state index contributed by atoms with van der Waals surface area (Å²) in [5.74, 6) is -3.16. The lowest BCUT2D eigenvalue weighted by atomic mass is 9.66. The number of phenolic OH excluding ortho intramolecular Hbond substituents is 1. The molecule has 1 N–H and O–H groups in total. The molecule has 0 atom stereocenters. The first-order chi connectivity index (χ1) is 10.6. The molecule has 1 fully saturated rings. The topological polar surface area (TPSA) is 37.3 Å². The lowest BCUT2D eigenvalue weighted by Crippen LogP contribution is -2.31. The van der Waals surface area contributed by atoms with Gasteiger partial charge in [-0.25, -0.2) is 4.39 Å². The van der Waals surface area contributed by atoms with Crippen LogP contribution < -0.4 is 0 Å². The number of hydrogen-bond acceptors (Lipinski definition) is 2. The average Bonchev–Trinajstić information content (AvgIpc) is 2.54. The molecule has 0 radical (unpaired) electrons. The first kappa shape index (κ1) is 16.9. The van der Waals surface area contributed by atoms with Crippen LogP contribution in [0.4, 0.5) is 8.78 Å². The zero-order valence-electron chi connectivity index (χ0n) is 13.1. The highest BCUT2D eigenvalue weighted by Gasteiger charge is 2.37. The number of phenols is 1. The van der Waals surface area contributed by atoms with Crippen molar-refractivity contribution in [2.45, 2.75) is 70.1 Å². The summed E-state index contributed by atoms with van der Waals surface area (Å²) in [6.07, 6.45) is 9.02. The SMILES string of the molecule is CCCCCC1(c2cc(C=O)c(O)c(F)c2F)CCCCC1. The zero-order valence-corrected chi connectivity index (χ0v) is 13.1. The molecule has 2 rings (SSSR count). The first-order valence-electron chi connectivity index (χ1n) is 8.22. The van der Waals surface area contributed by atoms with Gasteiger partial charge in [-0.3, -0.25) is 4.79 Å². The van der Waals surface area contributed by atoms with Crippen molar-refractivity contribution in [3.63, 3.8) is 0 Å². The summed E-state index contributed by atoms with van der Waals surface area (Å²) in [6, 6.07) is 1.36. The van der Waals surface area contributed by atoms with Crippen molar-refractivity contribution in [1.82, 2.24) is 0 Å². The molecule has 0 spiro atoms. The molecule has 4 heteroatoms. The van der Waals surface area contributed by atoms with Crippen molar-refractivity contribution in [2.75, 3.05) is 0 Å². The molecule has 22 heavy (non-hydrogen) atoms. The Morgan fingerprint density at radius 1 is 1.18 bits per heavy atom. The van der Waals surface area contributed by atoms with E-state index in [9.17, 15) is 18.7 Å². The van der Waals surface area contributed by atoms with Gasteiger partial charge in [0.05, 0.1) is 5.56 Å². The van der Waals surface area contributed by atoms with Crippen LogP contribution in [0.1, 0.15) is 80.6 Å². The molecule has 0 saturated heterocycles. The fraction of sp³-hybridized carbons (Fsp3) is 0.611. The largest absolute Gasteiger partial charge is 0.504 e. The van der Waals surface area contributed by atoms with Gasteiger partial charge in [0.15, 0.2) is 17.9 Å². The van der Waals surface area contributed by atoms with Crippen LogP contribution in [-0.4, -0.2) is 11.4 Å². The fourth-order valence-electron chi connectivity index (χ4n) is 3.71. The van der Waals surface area contributed by atoms with Crippen LogP contribution in [-0.2, 0) is 5.41 Å². The molecule has 1 saturated carbocycles. The van der Waals surface area contributed by atoms with E-state index in [1.807, 2.05) is 0 Å². The predicted octanol–water partition coefficient (Wildman–Crippen LogP) is 5.27. The van der Waals surface area contributed by atoms with E-state index in [1.54, 1.807) is 0 Å². The second-order valence-electron chi connectivity index (χ2n) is 6.41. The number of halogens is 2. The summed E-state index contributed by atoms with van der Waals surface area (Å²) >= 11 is 0. The molecule has 1 aromatic rings. The molecule has 1 aromatic carbocycles. The Kier molecular flexibility index (Phi) is 5.54. The third kappa shape index (κ3) is 3.16. The van der Waals surface area contributed by atoms with Gasteiger partial charge < -0.3 is 5.11 Å². The van der Waals surface area contributed by atoms with Crippen molar-refractivity contribution in [2.24, 2.45) is 0 Å². The molecule has 0 aromatic heterocycles. The van der Waals surface area contributed by atoms with Crippen LogP contribution in [0.25, 0.3) is 0 Å². The highest BCUT2D eigenvalue weighted by atomic mass is 19.2. The summed E-state index contributed by atoms with van der Waals surface area (Å²) in [4.78, 5) is 11.0. The van der Waals surface area contributed by atoms with Gasteiger partial charge in [0, 0.05) is 0 Å². The maximum atomic E-state index is 14.5. The molecule has 0 bridgehead atoms. The Morgan fingerprint density at radius 3 is 2.45 bits per heavy atom. The third-order valence-corrected chi connectivity index (χ3v) is 4.98. The van der Waals surface area contributed by atoms with E-state index in [0.717, 1.165) is 57.8 Å². The highest BCUT2D eigenvalue weighted by Crippen LogP contribution is 2.46. The average molecular weight is 310 g/mol. The van der Waals surface area contributed by atoms with E-state index in [-0.39, 0.29) is 11.1 Å². The minimum atomic E-state index is -1.29. The number of carbonyl (C=O) groups excluding carboxylic acids is 1. The van der Waals surface area contributed by atoms with Gasteiger partial charge in [-0.2, -0.15) is 4.39 Å². The van der Waals surface area contributed by atoms with Crippen LogP contribution in [0.15, 0.2) is 6.07 Å². The Hall–Kier alpha value is -1.45. The summed E-state index contributed by atoms with van der Waals surface area (Å²) in [6.45, 7) is 2.11. The van der Waals surface area contributed by atoms with Crippen molar-refractivity contribution < 1.29 is 18.7 Å². The predicted molar refractivity (Wildman–Crippen MR) is 82.3 cm³/mol. The van der Waals surface area contributed by atoms with Crippen molar-refractivity contribution in [3.05, 3.63) is 28.8 Å². The van der Waals surface area contributed by atoms with Gasteiger partial charge in [-0.05, 0) is 36.3 Å². The van der Waals surface area contributed by atoms with Crippen molar-refractivity contribution in [3.8, 4) is 5.75 Å². The summed E-state index contributed by atoms with van der Waals surface area (Å²) < 4.78 is 28.4. The van der Waals surface area contributed by atoms with Crippen molar-refractivity contribution >= 4 is 6.29 Å². The van der Waals surface area contributed by atoms with Gasteiger partial charge in [0.25, 0.3) is 0 Å². The molecule has 1 aliphatic rings. The van der Waals surface area contributed by atoms with E-state index in [1.165, 1.54) is 6.07 Å². The van der Waals surface area contributed by atoms with Crippen LogP contribution in [0.2, 0.25) is 0 Å². The number of aromatic hydroxyl groups is 1. The van der Waals surface area contributed by atoms with Crippen LogP contribution in [0, 0.1) is 11.6 Å². The Labute approximate surface area is 130 Å². The second kappa shape index (κ2) is 7.21. The molecule has 0 heterocycles. The standard InChI is InChI=1S/C18H24F2O2/c1-2-3-5-8-18(9-6-4-7-10-18)14-11-13(12-21)17(22)16(20)15(14)19/h11-12,22H,2-10H2,1H3. The van der Waals surface area contributed by atoms with E-state index in [0.29, 0.717) is 6.29 Å². The van der Waals surface area contributed by atoms with Gasteiger partial charge in [0.2, 0.25) is 5.82 Å². The molecule has 0 aliphatic heterocycles. The molecule has 2 nitrogen and oxygen atoms in total. The van der Waals surface area contributed by atoms with Crippen LogP contribution in [0.5, 0.6) is 5.75 Å². The number of hydrogen-bond donors (Lipinski definition) is 1. The molecule has 0 unspecified atom stereocenters. The van der Waals surface area contributed by atoms with Crippen LogP contribution in [0.3, 0.4) is 0 Å². The first-order valence-corrected chi connectivity index (χ1v) is 8.22. The molecular formula is C18H24F2O2. The number of rotatable bonds is 6. The normalized spacial score (nSPS) is 17.4. The quantitative estimate of drug-likeness (QED) is 0.574. The molecule has 1 aliphatic carbocycles. The summed E-state index contributed by atoms with van der Waals surface area (Å²) in [5, 5.41) is 9.55. The lowest BCUT2D eigenvalue weighted by molar-refractivity contribution is 0.111. The smallest absolute Gasteiger partial charge is 0.201 e. The second-order valence-corrected chi connectivity index (χ2v) is 6.41. The maximum Gasteiger partial charge on any atom is 0.201 e. The molecule has 0 amide bonds. The van der Waals surface area contributed by atoms with Gasteiger partial charge in [-0.1, -0.05) is 45.4 Å². The number of unbranched alkanes of at least 4 members (excludes halogenated alkanes) is 2. The summed E-state index contributed by atoms with van der Waals surface area (Å²) in [7, 11) is 0. The fourth-order valence-corrected chi connectivity index (χ4v) is 3.71.